The van der Waals surface area contributed by atoms with Gasteiger partial charge in [-0.15, -0.1) is 0 Å². The van der Waals surface area contributed by atoms with Gasteiger partial charge >= 0.3 is 0 Å². The molecule has 1 heterocycles. The van der Waals surface area contributed by atoms with Crippen molar-refractivity contribution in [1.82, 2.24) is 9.78 Å². The Morgan fingerprint density at radius 3 is 2.89 bits per heavy atom. The van der Waals surface area contributed by atoms with Gasteiger partial charge in [-0.25, -0.2) is 0 Å². The van der Waals surface area contributed by atoms with Gasteiger partial charge in [0.2, 0.25) is 0 Å². The van der Waals surface area contributed by atoms with E-state index in [-0.39, 0.29) is 0 Å². The summed E-state index contributed by atoms with van der Waals surface area (Å²) in [7, 11) is 1.69. The van der Waals surface area contributed by atoms with E-state index in [4.69, 9.17) is 15.2 Å². The maximum Gasteiger partial charge on any atom is 0.153 e. The molecule has 2 N–H and O–H groups in total. The molecule has 0 aliphatic rings. The van der Waals surface area contributed by atoms with Crippen LogP contribution in [0.5, 0.6) is 0 Å². The molecule has 0 saturated heterocycles. The molecule has 5 nitrogen and oxygen atoms in total. The monoisotopic (exact) mass is 249 g/mol. The molecule has 1 aromatic heterocycles. The summed E-state index contributed by atoms with van der Waals surface area (Å²) in [6.07, 6.45) is 0.915. The number of anilines is 1. The molecule has 98 valence electrons. The normalized spacial score (nSPS) is 11.2. The third-order valence-corrected chi connectivity index (χ3v) is 2.77. The number of ether oxygens (including phenoxy) is 2. The van der Waals surface area contributed by atoms with Crippen molar-refractivity contribution in [2.24, 2.45) is 0 Å². The van der Waals surface area contributed by atoms with Crippen LogP contribution in [0, 0.1) is 0 Å². The van der Waals surface area contributed by atoms with Gasteiger partial charge in [0.1, 0.15) is 0 Å². The van der Waals surface area contributed by atoms with Gasteiger partial charge in [-0.3, -0.25) is 4.68 Å². The minimum Gasteiger partial charge on any atom is -0.385 e. The van der Waals surface area contributed by atoms with E-state index in [9.17, 15) is 0 Å². The molecule has 0 radical (unpaired) electrons. The van der Waals surface area contributed by atoms with Gasteiger partial charge in [0.05, 0.1) is 18.7 Å². The quantitative estimate of drug-likeness (QED) is 0.758. The van der Waals surface area contributed by atoms with Crippen LogP contribution in [0.15, 0.2) is 24.3 Å². The highest BCUT2D eigenvalue weighted by atomic mass is 16.5. The summed E-state index contributed by atoms with van der Waals surface area (Å²) in [5.74, 6) is 0.574. The van der Waals surface area contributed by atoms with Crippen LogP contribution in [-0.4, -0.2) is 36.7 Å². The minimum absolute atomic E-state index is 0.574. The van der Waals surface area contributed by atoms with Crippen LogP contribution in [0.3, 0.4) is 0 Å². The summed E-state index contributed by atoms with van der Waals surface area (Å²) < 4.78 is 12.4. The van der Waals surface area contributed by atoms with Crippen molar-refractivity contribution in [1.29, 1.82) is 0 Å². The molecule has 0 bridgehead atoms. The maximum atomic E-state index is 5.86. The van der Waals surface area contributed by atoms with Crippen molar-refractivity contribution in [3.8, 4) is 0 Å². The predicted octanol–water partition coefficient (Wildman–Crippen LogP) is 1.67. The van der Waals surface area contributed by atoms with Gasteiger partial charge in [-0.1, -0.05) is 12.1 Å². The van der Waals surface area contributed by atoms with Crippen LogP contribution in [0.2, 0.25) is 0 Å². The first-order chi connectivity index (χ1) is 8.83. The van der Waals surface area contributed by atoms with E-state index in [1.807, 2.05) is 28.9 Å². The zero-order valence-corrected chi connectivity index (χ0v) is 10.6. The SMILES string of the molecule is COCCCOCCn1nc(N)c2ccccc21. The lowest BCUT2D eigenvalue weighted by atomic mass is 10.2. The first kappa shape index (κ1) is 12.9. The zero-order valence-electron chi connectivity index (χ0n) is 10.6. The maximum absolute atomic E-state index is 5.86. The molecule has 0 unspecified atom stereocenters. The molecule has 2 aromatic rings. The third kappa shape index (κ3) is 3.00. The van der Waals surface area contributed by atoms with Crippen LogP contribution in [0.1, 0.15) is 6.42 Å². The topological polar surface area (TPSA) is 62.3 Å². The van der Waals surface area contributed by atoms with Crippen molar-refractivity contribution < 1.29 is 9.47 Å². The Labute approximate surface area is 106 Å². The Bertz CT molecular complexity index is 496. The highest BCUT2D eigenvalue weighted by molar-refractivity contribution is 5.88. The van der Waals surface area contributed by atoms with Crippen LogP contribution >= 0.6 is 0 Å². The van der Waals surface area contributed by atoms with Gasteiger partial charge in [0.15, 0.2) is 5.82 Å². The van der Waals surface area contributed by atoms with Crippen molar-refractivity contribution in [3.63, 3.8) is 0 Å². The Morgan fingerprint density at radius 2 is 2.06 bits per heavy atom. The molecular formula is C13H19N3O2. The lowest BCUT2D eigenvalue weighted by Gasteiger charge is -2.05. The lowest BCUT2D eigenvalue weighted by Crippen LogP contribution is -2.09. The van der Waals surface area contributed by atoms with E-state index in [0.717, 1.165) is 23.9 Å². The Kier molecular flexibility index (Phi) is 4.55. The molecule has 0 aliphatic heterocycles. The van der Waals surface area contributed by atoms with E-state index >= 15 is 0 Å². The summed E-state index contributed by atoms with van der Waals surface area (Å²) in [6, 6.07) is 7.95. The fourth-order valence-corrected chi connectivity index (χ4v) is 1.88. The van der Waals surface area contributed by atoms with E-state index in [1.54, 1.807) is 7.11 Å². The molecule has 0 amide bonds. The van der Waals surface area contributed by atoms with Gasteiger partial charge in [-0.05, 0) is 18.6 Å². The number of nitrogen functional groups attached to an aromatic ring is 1. The Morgan fingerprint density at radius 1 is 1.22 bits per heavy atom. The predicted molar refractivity (Wildman–Crippen MR) is 71.5 cm³/mol. The molecule has 0 fully saturated rings. The average Bonchev–Trinajstić information content (AvgIpc) is 2.71. The summed E-state index contributed by atoms with van der Waals surface area (Å²) >= 11 is 0. The molecule has 5 heteroatoms. The number of hydrogen-bond donors (Lipinski definition) is 1. The third-order valence-electron chi connectivity index (χ3n) is 2.77. The molecule has 2 rings (SSSR count). The molecular weight excluding hydrogens is 230 g/mol. The van der Waals surface area contributed by atoms with Crippen molar-refractivity contribution >= 4 is 16.7 Å². The molecule has 0 saturated carbocycles. The second-order valence-electron chi connectivity index (χ2n) is 4.08. The molecule has 0 atom stereocenters. The summed E-state index contributed by atoms with van der Waals surface area (Å²) in [6.45, 7) is 2.79. The van der Waals surface area contributed by atoms with E-state index in [2.05, 4.69) is 5.10 Å². The number of methoxy groups -OCH3 is 1. The highest BCUT2D eigenvalue weighted by Crippen LogP contribution is 2.19. The first-order valence-corrected chi connectivity index (χ1v) is 6.10. The van der Waals surface area contributed by atoms with Crippen molar-refractivity contribution in [3.05, 3.63) is 24.3 Å². The number of nitrogens with zero attached hydrogens (tertiary/aromatic N) is 2. The standard InChI is InChI=1S/C13H19N3O2/c1-17-8-4-9-18-10-7-16-12-6-3-2-5-11(12)13(14)15-16/h2-3,5-6H,4,7-10H2,1H3,(H2,14,15). The number of nitrogens with two attached hydrogens (primary N) is 1. The van der Waals surface area contributed by atoms with Crippen molar-refractivity contribution in [2.45, 2.75) is 13.0 Å². The molecule has 0 aliphatic carbocycles. The molecule has 0 spiro atoms. The lowest BCUT2D eigenvalue weighted by molar-refractivity contribution is 0.0967. The van der Waals surface area contributed by atoms with Crippen LogP contribution < -0.4 is 5.73 Å². The van der Waals surface area contributed by atoms with Gasteiger partial charge in [0.25, 0.3) is 0 Å². The fraction of sp³-hybridized carbons (Fsp3) is 0.462. The Hall–Kier alpha value is -1.59. The van der Waals surface area contributed by atoms with E-state index in [1.165, 1.54) is 0 Å². The molecule has 18 heavy (non-hydrogen) atoms. The zero-order chi connectivity index (χ0) is 12.8. The van der Waals surface area contributed by atoms with Crippen LogP contribution in [0.4, 0.5) is 5.82 Å². The largest absolute Gasteiger partial charge is 0.385 e. The fourth-order valence-electron chi connectivity index (χ4n) is 1.88. The second kappa shape index (κ2) is 6.37. The Balaban J connectivity index is 1.88. The number of rotatable bonds is 7. The number of para-hydroxylation sites is 1. The average molecular weight is 249 g/mol. The van der Waals surface area contributed by atoms with Gasteiger partial charge in [-0.2, -0.15) is 5.10 Å². The number of fused-ring (bicyclic) bond motifs is 1. The number of aromatic nitrogens is 2. The molecule has 1 aromatic carbocycles. The summed E-state index contributed by atoms with van der Waals surface area (Å²) in [5.41, 5.74) is 6.91. The smallest absolute Gasteiger partial charge is 0.153 e. The number of benzene rings is 1. The van der Waals surface area contributed by atoms with Gasteiger partial charge in [0, 0.05) is 25.7 Å². The van der Waals surface area contributed by atoms with Crippen LogP contribution in [0.25, 0.3) is 10.9 Å². The van der Waals surface area contributed by atoms with Crippen LogP contribution in [-0.2, 0) is 16.0 Å². The number of hydrogen-bond acceptors (Lipinski definition) is 4. The van der Waals surface area contributed by atoms with Gasteiger partial charge < -0.3 is 15.2 Å². The summed E-state index contributed by atoms with van der Waals surface area (Å²) in [4.78, 5) is 0. The van der Waals surface area contributed by atoms with E-state index in [0.29, 0.717) is 25.6 Å². The summed E-state index contributed by atoms with van der Waals surface area (Å²) in [5, 5.41) is 5.31. The second-order valence-corrected chi connectivity index (χ2v) is 4.08. The van der Waals surface area contributed by atoms with Crippen molar-refractivity contribution in [2.75, 3.05) is 32.7 Å². The highest BCUT2D eigenvalue weighted by Gasteiger charge is 2.06. The minimum atomic E-state index is 0.574. The van der Waals surface area contributed by atoms with E-state index < -0.39 is 0 Å². The first-order valence-electron chi connectivity index (χ1n) is 6.10.